The largest absolute Gasteiger partial charge is 1.00 e. The number of ether oxygens (including phenoxy) is 2. The monoisotopic (exact) mass is 1080 g/mol. The van der Waals surface area contributed by atoms with Crippen molar-refractivity contribution in [3.05, 3.63) is 109 Å². The zero-order valence-corrected chi connectivity index (χ0v) is 37.1. The zero-order valence-electron chi connectivity index (χ0n) is 30.5. The number of phenolic OH excluding ortho intramolecular Hbond substituents is 2. The molecule has 6 rings (SSSR count). The first kappa shape index (κ1) is 53.9. The minimum atomic E-state index is -5.00. The van der Waals surface area contributed by atoms with Crippen molar-refractivity contribution in [2.75, 3.05) is 5.32 Å². The topological polar surface area (TPSA) is 332 Å². The smallest absolute Gasteiger partial charge is 0.664 e. The van der Waals surface area contributed by atoms with E-state index in [1.807, 2.05) is 6.07 Å². The first-order valence-corrected chi connectivity index (χ1v) is 21.3. The van der Waals surface area contributed by atoms with E-state index in [9.17, 15) is 36.2 Å². The summed E-state index contributed by atoms with van der Waals surface area (Å²) in [5.74, 6) is -0.869. The molecule has 29 heteroatoms. The molecule has 0 aliphatic rings. The van der Waals surface area contributed by atoms with Gasteiger partial charge < -0.3 is 25.0 Å². The number of benzene rings is 6. The predicted octanol–water partition coefficient (Wildman–Crippen LogP) is 8.11. The summed E-state index contributed by atoms with van der Waals surface area (Å²) >= 11 is 11.8. The molecule has 63 heavy (non-hydrogen) atoms. The van der Waals surface area contributed by atoms with Crippen molar-refractivity contribution in [3.63, 3.8) is 0 Å². The summed E-state index contributed by atoms with van der Waals surface area (Å²) < 4.78 is 129. The van der Waals surface area contributed by atoms with Crippen LogP contribution in [0, 0.1) is 14.2 Å². The molecule has 0 saturated carbocycles. The summed E-state index contributed by atoms with van der Waals surface area (Å²) in [7, 11) is -9.08. The molecule has 0 aliphatic heterocycles. The van der Waals surface area contributed by atoms with Gasteiger partial charge in [-0.25, -0.2) is 0 Å². The molecule has 0 fully saturated rings. The fraction of sp³-hybridized carbons (Fsp3) is 0. The Labute approximate surface area is 390 Å². The molecule has 0 saturated heterocycles. The number of nitrogens with one attached hydrogen (secondary N) is 1. The van der Waals surface area contributed by atoms with Crippen molar-refractivity contribution < 1.29 is 105 Å². The molecule has 0 bridgehead atoms. The average molecular weight is 1080 g/mol. The summed E-state index contributed by atoms with van der Waals surface area (Å²) in [6.45, 7) is 0. The third-order valence-electron chi connectivity index (χ3n) is 7.64. The fourth-order valence-corrected chi connectivity index (χ4v) is 6.83. The molecule has 6 aromatic rings. The van der Waals surface area contributed by atoms with Crippen molar-refractivity contribution in [3.8, 4) is 23.0 Å². The number of phenols is 2. The molecular formula is C34H23Cl2Cu2N5O16S4. The van der Waals surface area contributed by atoms with E-state index < -0.39 is 73.4 Å². The molecule has 21 nitrogen and oxygen atoms in total. The quantitative estimate of drug-likeness (QED) is 0.0374. The number of hydrogen-bond acceptors (Lipinski definition) is 19. The molecule has 0 atom stereocenters. The third-order valence-corrected chi connectivity index (χ3v) is 9.93. The van der Waals surface area contributed by atoms with Crippen molar-refractivity contribution in [2.45, 2.75) is 9.79 Å². The Morgan fingerprint density at radius 1 is 0.571 bits per heavy atom. The second-order valence-corrected chi connectivity index (χ2v) is 15.8. The van der Waals surface area contributed by atoms with Crippen LogP contribution < -0.4 is 14.8 Å². The summed E-state index contributed by atoms with van der Waals surface area (Å²) in [5.41, 5.74) is 0.518. The summed E-state index contributed by atoms with van der Waals surface area (Å²) in [5, 5.41) is 41.1. The average Bonchev–Trinajstić information content (AvgIpc) is 3.17. The van der Waals surface area contributed by atoms with Gasteiger partial charge in [-0.15, -0.1) is 45.7 Å². The van der Waals surface area contributed by atoms with Crippen LogP contribution >= 0.6 is 23.2 Å². The number of aromatic hydroxyl groups is 2. The third kappa shape index (κ3) is 14.1. The van der Waals surface area contributed by atoms with E-state index in [2.05, 4.69) is 40.0 Å². The van der Waals surface area contributed by atoms with Crippen LogP contribution in [0.4, 0.5) is 34.1 Å². The standard InChI is InChI=1S/C34H23Cl2N5O10S2.2Cu.2O3S/c1-50-33-22-9-7-19(12-17(22)6-11-27(33)39-38-26-5-3-4-24(35)31(26)42)37-20-8-10-23-18(13-20)14-29(53(47,48)49)30(34(23)51-2)41-40-28-16-21(52(44,45)46)15-25(36)32(28)43;;;2*1-4(2)3/h3-16,37,42-43H,1-2H2,(H,44,45,46)(H,47,48,49);;;;/q-2;2*+1;;. The number of halogens is 2. The van der Waals surface area contributed by atoms with Crippen molar-refractivity contribution in [1.29, 1.82) is 0 Å². The van der Waals surface area contributed by atoms with Gasteiger partial charge in [-0.1, -0.05) is 35.3 Å². The fourth-order valence-electron chi connectivity index (χ4n) is 5.20. The molecule has 0 radical (unpaired) electrons. The minimum absolute atomic E-state index is 0. The van der Waals surface area contributed by atoms with E-state index in [1.165, 1.54) is 6.07 Å². The molecular weight excluding hydrogens is 1060 g/mol. The molecule has 340 valence electrons. The van der Waals surface area contributed by atoms with Gasteiger partial charge in [0.1, 0.15) is 39.1 Å². The second kappa shape index (κ2) is 22.9. The Morgan fingerprint density at radius 2 is 1.08 bits per heavy atom. The number of para-hydroxylation sites is 1. The van der Waals surface area contributed by atoms with Gasteiger partial charge in [0, 0.05) is 22.1 Å². The molecule has 0 spiro atoms. The van der Waals surface area contributed by atoms with Gasteiger partial charge in [-0.2, -0.15) is 31.1 Å². The molecule has 0 unspecified atom stereocenters. The van der Waals surface area contributed by atoms with Gasteiger partial charge >= 0.3 is 55.4 Å². The van der Waals surface area contributed by atoms with Crippen LogP contribution in [-0.4, -0.2) is 61.4 Å². The van der Waals surface area contributed by atoms with Crippen molar-refractivity contribution >= 4 is 120 Å². The van der Waals surface area contributed by atoms with Crippen LogP contribution in [0.2, 0.25) is 10.0 Å². The Kier molecular flexibility index (Phi) is 19.6. The number of hydrogen-bond donors (Lipinski definition) is 5. The van der Waals surface area contributed by atoms with Crippen molar-refractivity contribution in [2.24, 2.45) is 20.5 Å². The van der Waals surface area contributed by atoms with Crippen LogP contribution in [0.25, 0.3) is 21.5 Å². The number of fused-ring (bicyclic) bond motifs is 2. The number of nitrogens with zero attached hydrogens (tertiary/aromatic N) is 4. The van der Waals surface area contributed by atoms with E-state index >= 15 is 0 Å². The first-order chi connectivity index (χ1) is 28.5. The Morgan fingerprint density at radius 3 is 1.62 bits per heavy atom. The maximum atomic E-state index is 12.5. The maximum Gasteiger partial charge on any atom is 1.00 e. The predicted molar refractivity (Wildman–Crippen MR) is 217 cm³/mol. The molecule has 0 amide bonds. The molecule has 0 aromatic heterocycles. The van der Waals surface area contributed by atoms with E-state index in [-0.39, 0.29) is 67.1 Å². The van der Waals surface area contributed by atoms with Gasteiger partial charge in [0.25, 0.3) is 20.2 Å². The van der Waals surface area contributed by atoms with Gasteiger partial charge in [-0.05, 0) is 83.6 Å². The van der Waals surface area contributed by atoms with E-state index in [0.29, 0.717) is 28.2 Å². The van der Waals surface area contributed by atoms with Gasteiger partial charge in [0.2, 0.25) is 0 Å². The first-order valence-electron chi connectivity index (χ1n) is 15.7. The van der Waals surface area contributed by atoms with Crippen LogP contribution in [0.5, 0.6) is 23.0 Å². The van der Waals surface area contributed by atoms with Gasteiger partial charge in [-0.3, -0.25) is 9.11 Å². The van der Waals surface area contributed by atoms with Crippen LogP contribution in [0.15, 0.2) is 115 Å². The Balaban J connectivity index is 0.00000126. The molecule has 0 aliphatic carbocycles. The summed E-state index contributed by atoms with van der Waals surface area (Å²) in [6.07, 6.45) is 0. The van der Waals surface area contributed by atoms with Crippen LogP contribution in [-0.2, 0) is 75.6 Å². The number of rotatable bonds is 10. The summed E-state index contributed by atoms with van der Waals surface area (Å²) in [6, 6.07) is 20.8. The zero-order chi connectivity index (χ0) is 45.4. The minimum Gasteiger partial charge on any atom is -0.664 e. The Hall–Kier alpha value is -5.28. The van der Waals surface area contributed by atoms with Gasteiger partial charge in [0.15, 0.2) is 11.5 Å². The SMILES string of the molecule is O=S(=O)=O.O=S(=O)=O.[CH2-]Oc1c(N=Nc2cccc(Cl)c2O)ccc2cc(Nc3ccc4c(O[CH2-])c(N=Nc5cc(S(=O)(=O)O)cc(Cl)c5O)c(S(=O)(=O)O)cc4c3)ccc12.[Cu+].[Cu+]. The van der Waals surface area contributed by atoms with Crippen LogP contribution in [0.3, 0.4) is 0 Å². The van der Waals surface area contributed by atoms with Crippen molar-refractivity contribution in [1.82, 2.24) is 0 Å². The summed E-state index contributed by atoms with van der Waals surface area (Å²) in [4.78, 5) is -1.48. The second-order valence-electron chi connectivity index (χ2n) is 11.4. The number of azo groups is 2. The molecule has 0 heterocycles. The Bertz CT molecular complexity index is 3200. The van der Waals surface area contributed by atoms with E-state index in [1.54, 1.807) is 54.6 Å². The van der Waals surface area contributed by atoms with Gasteiger partial charge in [0.05, 0.1) is 14.9 Å². The van der Waals surface area contributed by atoms with E-state index in [4.69, 9.17) is 57.9 Å². The normalized spacial score (nSPS) is 11.1. The van der Waals surface area contributed by atoms with Crippen LogP contribution in [0.1, 0.15) is 0 Å². The number of anilines is 2. The van der Waals surface area contributed by atoms with E-state index in [0.717, 1.165) is 23.6 Å². The maximum absolute atomic E-state index is 12.5. The molecule has 5 N–H and O–H groups in total. The molecule has 6 aromatic carbocycles.